The number of ether oxygens (including phenoxy) is 1. The number of hydrogen-bond acceptors (Lipinski definition) is 2. The Bertz CT molecular complexity index is 345. The zero-order chi connectivity index (χ0) is 11.5. The zero-order valence-electron chi connectivity index (χ0n) is 10.3. The van der Waals surface area contributed by atoms with Crippen molar-refractivity contribution in [1.82, 2.24) is 5.32 Å². The van der Waals surface area contributed by atoms with Gasteiger partial charge in [0.2, 0.25) is 0 Å². The number of benzene rings is 1. The molecule has 0 bridgehead atoms. The molecule has 0 radical (unpaired) electrons. The highest BCUT2D eigenvalue weighted by atomic mass is 16.6. The Labute approximate surface area is 103 Å². The van der Waals surface area contributed by atoms with Crippen molar-refractivity contribution in [3.8, 4) is 0 Å². The van der Waals surface area contributed by atoms with Crippen molar-refractivity contribution >= 4 is 0 Å². The SMILES string of the molecule is c1ccc([C@H]2O[C@H]2CNC2CCCCC2)cc1. The second-order valence-electron chi connectivity index (χ2n) is 5.25. The first kappa shape index (κ1) is 11.2. The first-order valence-electron chi connectivity index (χ1n) is 6.87. The van der Waals surface area contributed by atoms with Crippen molar-refractivity contribution in [2.75, 3.05) is 6.54 Å². The molecule has 1 saturated heterocycles. The van der Waals surface area contributed by atoms with Gasteiger partial charge in [0.1, 0.15) is 12.2 Å². The topological polar surface area (TPSA) is 24.6 Å². The molecular formula is C15H21NO. The van der Waals surface area contributed by atoms with E-state index < -0.39 is 0 Å². The van der Waals surface area contributed by atoms with Crippen molar-refractivity contribution in [3.63, 3.8) is 0 Å². The average molecular weight is 231 g/mol. The molecule has 92 valence electrons. The highest BCUT2D eigenvalue weighted by Crippen LogP contribution is 2.38. The molecule has 2 nitrogen and oxygen atoms in total. The molecule has 1 aromatic rings. The minimum absolute atomic E-state index is 0.340. The van der Waals surface area contributed by atoms with Gasteiger partial charge in [0.25, 0.3) is 0 Å². The van der Waals surface area contributed by atoms with E-state index in [2.05, 4.69) is 35.6 Å². The average Bonchev–Trinajstić information content (AvgIpc) is 3.18. The van der Waals surface area contributed by atoms with Gasteiger partial charge in [0, 0.05) is 12.6 Å². The molecule has 1 aliphatic carbocycles. The summed E-state index contributed by atoms with van der Waals surface area (Å²) in [4.78, 5) is 0. The highest BCUT2D eigenvalue weighted by molar-refractivity contribution is 5.22. The Morgan fingerprint density at radius 3 is 2.59 bits per heavy atom. The van der Waals surface area contributed by atoms with Gasteiger partial charge in [0.05, 0.1) is 0 Å². The smallest absolute Gasteiger partial charge is 0.110 e. The molecular weight excluding hydrogens is 210 g/mol. The molecule has 2 heteroatoms. The van der Waals surface area contributed by atoms with Crippen LogP contribution < -0.4 is 5.32 Å². The van der Waals surface area contributed by atoms with Crippen molar-refractivity contribution in [3.05, 3.63) is 35.9 Å². The first-order valence-corrected chi connectivity index (χ1v) is 6.87. The Hall–Kier alpha value is -0.860. The molecule has 2 aliphatic rings. The van der Waals surface area contributed by atoms with Gasteiger partial charge in [-0.15, -0.1) is 0 Å². The normalized spacial score (nSPS) is 29.2. The molecule has 1 aliphatic heterocycles. The van der Waals surface area contributed by atoms with Crippen LogP contribution >= 0.6 is 0 Å². The maximum absolute atomic E-state index is 5.73. The lowest BCUT2D eigenvalue weighted by molar-refractivity contribution is 0.332. The maximum atomic E-state index is 5.73. The number of nitrogens with one attached hydrogen (secondary N) is 1. The predicted molar refractivity (Wildman–Crippen MR) is 68.9 cm³/mol. The van der Waals surface area contributed by atoms with Crippen LogP contribution in [0.5, 0.6) is 0 Å². The first-order chi connectivity index (χ1) is 8.43. The van der Waals surface area contributed by atoms with Crippen molar-refractivity contribution in [2.45, 2.75) is 50.4 Å². The summed E-state index contributed by atoms with van der Waals surface area (Å²) in [5.74, 6) is 0. The van der Waals surface area contributed by atoms with E-state index in [1.54, 1.807) is 0 Å². The van der Waals surface area contributed by atoms with E-state index in [1.807, 2.05) is 0 Å². The van der Waals surface area contributed by atoms with Crippen LogP contribution in [0, 0.1) is 0 Å². The van der Waals surface area contributed by atoms with Gasteiger partial charge in [-0.2, -0.15) is 0 Å². The summed E-state index contributed by atoms with van der Waals surface area (Å²) in [5, 5.41) is 3.66. The Morgan fingerprint density at radius 1 is 1.06 bits per heavy atom. The van der Waals surface area contributed by atoms with Crippen LogP contribution in [0.15, 0.2) is 30.3 Å². The van der Waals surface area contributed by atoms with E-state index in [1.165, 1.54) is 37.7 Å². The van der Waals surface area contributed by atoms with Crippen LogP contribution in [-0.2, 0) is 4.74 Å². The molecule has 3 rings (SSSR count). The van der Waals surface area contributed by atoms with Crippen LogP contribution in [0.1, 0.15) is 43.8 Å². The lowest BCUT2D eigenvalue weighted by Gasteiger charge is -2.22. The van der Waals surface area contributed by atoms with E-state index in [4.69, 9.17) is 4.74 Å². The summed E-state index contributed by atoms with van der Waals surface area (Å²) in [6, 6.07) is 11.3. The fourth-order valence-electron chi connectivity index (χ4n) is 2.82. The second kappa shape index (κ2) is 5.19. The monoisotopic (exact) mass is 231 g/mol. The van der Waals surface area contributed by atoms with Gasteiger partial charge in [-0.3, -0.25) is 0 Å². The molecule has 1 heterocycles. The van der Waals surface area contributed by atoms with Gasteiger partial charge in [0.15, 0.2) is 0 Å². The largest absolute Gasteiger partial charge is 0.363 e. The van der Waals surface area contributed by atoms with E-state index in [9.17, 15) is 0 Å². The third kappa shape index (κ3) is 2.88. The van der Waals surface area contributed by atoms with Crippen molar-refractivity contribution in [2.24, 2.45) is 0 Å². The summed E-state index contributed by atoms with van der Waals surface area (Å²) < 4.78 is 5.73. The van der Waals surface area contributed by atoms with Gasteiger partial charge >= 0.3 is 0 Å². The molecule has 2 fully saturated rings. The Morgan fingerprint density at radius 2 is 1.82 bits per heavy atom. The van der Waals surface area contributed by atoms with Crippen LogP contribution in [-0.4, -0.2) is 18.7 Å². The third-order valence-corrected chi connectivity index (χ3v) is 3.92. The van der Waals surface area contributed by atoms with Crippen LogP contribution in [0.25, 0.3) is 0 Å². The Balaban J connectivity index is 1.43. The van der Waals surface area contributed by atoms with Crippen LogP contribution in [0.2, 0.25) is 0 Å². The van der Waals surface area contributed by atoms with Gasteiger partial charge in [-0.05, 0) is 18.4 Å². The minimum atomic E-state index is 0.340. The molecule has 0 amide bonds. The van der Waals surface area contributed by atoms with E-state index in [0.29, 0.717) is 12.2 Å². The van der Waals surface area contributed by atoms with Crippen molar-refractivity contribution < 1.29 is 4.74 Å². The minimum Gasteiger partial charge on any atom is -0.363 e. The molecule has 0 aromatic heterocycles. The molecule has 0 unspecified atom stereocenters. The summed E-state index contributed by atoms with van der Waals surface area (Å²) in [7, 11) is 0. The summed E-state index contributed by atoms with van der Waals surface area (Å²) in [5.41, 5.74) is 1.32. The fraction of sp³-hybridized carbons (Fsp3) is 0.600. The van der Waals surface area contributed by atoms with E-state index >= 15 is 0 Å². The lowest BCUT2D eigenvalue weighted by Crippen LogP contribution is -2.33. The summed E-state index contributed by atoms with van der Waals surface area (Å²) in [6.45, 7) is 1.02. The van der Waals surface area contributed by atoms with Gasteiger partial charge in [-0.25, -0.2) is 0 Å². The van der Waals surface area contributed by atoms with Crippen molar-refractivity contribution in [1.29, 1.82) is 0 Å². The van der Waals surface area contributed by atoms with Gasteiger partial charge < -0.3 is 10.1 Å². The molecule has 1 saturated carbocycles. The zero-order valence-corrected chi connectivity index (χ0v) is 10.3. The third-order valence-electron chi connectivity index (χ3n) is 3.92. The Kier molecular flexibility index (Phi) is 3.44. The van der Waals surface area contributed by atoms with Crippen LogP contribution in [0.3, 0.4) is 0 Å². The van der Waals surface area contributed by atoms with Crippen LogP contribution in [0.4, 0.5) is 0 Å². The lowest BCUT2D eigenvalue weighted by atomic mass is 9.95. The fourth-order valence-corrected chi connectivity index (χ4v) is 2.82. The number of hydrogen-bond donors (Lipinski definition) is 1. The van der Waals surface area contributed by atoms with E-state index in [0.717, 1.165) is 12.6 Å². The standard InChI is InChI=1S/C15H21NO/c1-3-7-12(8-4-1)15-14(17-15)11-16-13-9-5-2-6-10-13/h1,3-4,7-8,13-16H,2,5-6,9-11H2/t14-,15+/m0/s1. The number of rotatable bonds is 4. The highest BCUT2D eigenvalue weighted by Gasteiger charge is 2.39. The summed E-state index contributed by atoms with van der Waals surface area (Å²) in [6.07, 6.45) is 7.65. The molecule has 2 atom stereocenters. The van der Waals surface area contributed by atoms with E-state index in [-0.39, 0.29) is 0 Å². The molecule has 0 spiro atoms. The molecule has 1 aromatic carbocycles. The number of epoxide rings is 1. The predicted octanol–water partition coefficient (Wildman–Crippen LogP) is 3.05. The quantitative estimate of drug-likeness (QED) is 0.805. The summed E-state index contributed by atoms with van der Waals surface area (Å²) >= 11 is 0. The van der Waals surface area contributed by atoms with Gasteiger partial charge in [-0.1, -0.05) is 49.6 Å². The second-order valence-corrected chi connectivity index (χ2v) is 5.25. The molecule has 17 heavy (non-hydrogen) atoms. The maximum Gasteiger partial charge on any atom is 0.110 e. The molecule has 1 N–H and O–H groups in total.